The molecule has 1 amide bonds. The average molecular weight is 432 g/mol. The number of piperazine rings is 1. The molecule has 1 aromatic heterocycles. The van der Waals surface area contributed by atoms with Crippen molar-refractivity contribution in [1.82, 2.24) is 14.4 Å². The number of amides is 1. The maximum atomic E-state index is 12.9. The van der Waals surface area contributed by atoms with E-state index in [9.17, 15) is 13.2 Å². The Morgan fingerprint density at radius 2 is 1.78 bits per heavy atom. The number of hydrogen-bond donors (Lipinski definition) is 0. The summed E-state index contributed by atoms with van der Waals surface area (Å²) in [6.45, 7) is 4.43. The van der Waals surface area contributed by atoms with Gasteiger partial charge in [-0.3, -0.25) is 4.79 Å². The van der Waals surface area contributed by atoms with Gasteiger partial charge in [-0.15, -0.1) is 0 Å². The fourth-order valence-electron chi connectivity index (χ4n) is 3.08. The fraction of sp³-hybridized carbons (Fsp3) is 0.412. The largest absolute Gasteiger partial charge is 0.360 e. The molecule has 0 atom stereocenters. The van der Waals surface area contributed by atoms with E-state index in [0.29, 0.717) is 23.4 Å². The van der Waals surface area contributed by atoms with Gasteiger partial charge in [0.2, 0.25) is 10.0 Å². The van der Waals surface area contributed by atoms with Crippen LogP contribution in [0.4, 0.5) is 0 Å². The van der Waals surface area contributed by atoms with Gasteiger partial charge >= 0.3 is 0 Å². The topological polar surface area (TPSA) is 83.7 Å². The van der Waals surface area contributed by atoms with Gasteiger partial charge in [-0.05, 0) is 19.1 Å². The van der Waals surface area contributed by atoms with Gasteiger partial charge in [0, 0.05) is 32.6 Å². The molecule has 0 radical (unpaired) electrons. The van der Waals surface area contributed by atoms with Crippen LogP contribution in [0.5, 0.6) is 0 Å². The summed E-state index contributed by atoms with van der Waals surface area (Å²) in [5, 5.41) is 4.01. The van der Waals surface area contributed by atoms with E-state index in [1.165, 1.54) is 16.4 Å². The van der Waals surface area contributed by atoms with Crippen molar-refractivity contribution in [2.24, 2.45) is 0 Å². The van der Waals surface area contributed by atoms with Crippen LogP contribution in [0.15, 0.2) is 27.6 Å². The molecule has 0 saturated carbocycles. The van der Waals surface area contributed by atoms with E-state index < -0.39 is 10.0 Å². The van der Waals surface area contributed by atoms with Crippen molar-refractivity contribution in [2.75, 3.05) is 26.2 Å². The zero-order chi connectivity index (χ0) is 19.8. The Hall–Kier alpha value is -1.61. The standard InChI is InChI=1S/C17H19Cl2N3O4S/c1-3-14-15(11(2)20-26-14)17(23)21-7-9-22(10-8-21)27(24,25)16-12(18)5-4-6-13(16)19/h4-6H,3,7-10H2,1-2H3. The molecule has 0 aliphatic carbocycles. The predicted molar refractivity (Wildman–Crippen MR) is 102 cm³/mol. The molecule has 7 nitrogen and oxygen atoms in total. The molecule has 0 spiro atoms. The van der Waals surface area contributed by atoms with Crippen molar-refractivity contribution in [3.8, 4) is 0 Å². The van der Waals surface area contributed by atoms with E-state index in [2.05, 4.69) is 5.16 Å². The predicted octanol–water partition coefficient (Wildman–Crippen LogP) is 3.00. The van der Waals surface area contributed by atoms with E-state index in [-0.39, 0.29) is 47.0 Å². The van der Waals surface area contributed by atoms with Gasteiger partial charge in [0.05, 0.1) is 15.7 Å². The molecule has 3 rings (SSSR count). The summed E-state index contributed by atoms with van der Waals surface area (Å²) in [4.78, 5) is 14.3. The lowest BCUT2D eigenvalue weighted by atomic mass is 10.1. The first-order valence-corrected chi connectivity index (χ1v) is 10.7. The molecule has 1 aliphatic rings. The highest BCUT2D eigenvalue weighted by Gasteiger charge is 2.34. The maximum absolute atomic E-state index is 12.9. The number of benzene rings is 1. The van der Waals surface area contributed by atoms with Crippen LogP contribution in [0.25, 0.3) is 0 Å². The minimum atomic E-state index is -3.85. The van der Waals surface area contributed by atoms with Gasteiger partial charge < -0.3 is 9.42 Å². The monoisotopic (exact) mass is 431 g/mol. The SMILES string of the molecule is CCc1onc(C)c1C(=O)N1CCN(S(=O)(=O)c2c(Cl)cccc2Cl)CC1. The third-order valence-corrected chi connectivity index (χ3v) is 7.37. The van der Waals surface area contributed by atoms with Gasteiger partial charge in [-0.2, -0.15) is 4.31 Å². The van der Waals surface area contributed by atoms with Crippen molar-refractivity contribution in [1.29, 1.82) is 0 Å². The van der Waals surface area contributed by atoms with Crippen molar-refractivity contribution < 1.29 is 17.7 Å². The number of nitrogens with zero attached hydrogens (tertiary/aromatic N) is 3. The summed E-state index contributed by atoms with van der Waals surface area (Å²) in [6.07, 6.45) is 0.557. The Labute approximate surface area is 167 Å². The van der Waals surface area contributed by atoms with E-state index >= 15 is 0 Å². The highest BCUT2D eigenvalue weighted by atomic mass is 35.5. The number of halogens is 2. The first-order chi connectivity index (χ1) is 12.8. The van der Waals surface area contributed by atoms with Gasteiger partial charge in [0.25, 0.3) is 5.91 Å². The summed E-state index contributed by atoms with van der Waals surface area (Å²) >= 11 is 12.1. The lowest BCUT2D eigenvalue weighted by molar-refractivity contribution is 0.0695. The van der Waals surface area contributed by atoms with Crippen LogP contribution >= 0.6 is 23.2 Å². The molecule has 1 fully saturated rings. The molecule has 27 heavy (non-hydrogen) atoms. The summed E-state index contributed by atoms with van der Waals surface area (Å²) in [5.41, 5.74) is 0.998. The first kappa shape index (κ1) is 20.1. The van der Waals surface area contributed by atoms with Gasteiger partial charge in [0.15, 0.2) is 0 Å². The molecule has 0 bridgehead atoms. The van der Waals surface area contributed by atoms with Crippen LogP contribution in [-0.4, -0.2) is 54.9 Å². The molecule has 1 saturated heterocycles. The quantitative estimate of drug-likeness (QED) is 0.742. The highest BCUT2D eigenvalue weighted by Crippen LogP contribution is 2.32. The molecular weight excluding hydrogens is 413 g/mol. The molecule has 1 aliphatic heterocycles. The highest BCUT2D eigenvalue weighted by molar-refractivity contribution is 7.89. The molecule has 0 unspecified atom stereocenters. The summed E-state index contributed by atoms with van der Waals surface area (Å²) in [7, 11) is -3.85. The lowest BCUT2D eigenvalue weighted by Crippen LogP contribution is -2.50. The molecule has 10 heteroatoms. The molecule has 2 heterocycles. The number of hydrogen-bond acceptors (Lipinski definition) is 5. The van der Waals surface area contributed by atoms with Crippen LogP contribution in [0, 0.1) is 6.92 Å². The van der Waals surface area contributed by atoms with E-state index in [1.54, 1.807) is 17.9 Å². The zero-order valence-electron chi connectivity index (χ0n) is 14.9. The zero-order valence-corrected chi connectivity index (χ0v) is 17.2. The van der Waals surface area contributed by atoms with Crippen molar-refractivity contribution in [3.63, 3.8) is 0 Å². The number of carbonyl (C=O) groups is 1. The Kier molecular flexibility index (Phi) is 5.81. The van der Waals surface area contributed by atoms with E-state index in [4.69, 9.17) is 27.7 Å². The number of aryl methyl sites for hydroxylation is 2. The third kappa shape index (κ3) is 3.71. The molecule has 0 N–H and O–H groups in total. The average Bonchev–Trinajstić information content (AvgIpc) is 3.01. The molecule has 146 valence electrons. The Bertz CT molecular complexity index is 946. The van der Waals surface area contributed by atoms with Crippen LogP contribution in [0.3, 0.4) is 0 Å². The van der Waals surface area contributed by atoms with Crippen molar-refractivity contribution in [2.45, 2.75) is 25.2 Å². The van der Waals surface area contributed by atoms with Crippen LogP contribution in [0.2, 0.25) is 10.0 Å². The Morgan fingerprint density at radius 3 is 2.33 bits per heavy atom. The van der Waals surface area contributed by atoms with E-state index in [1.807, 2.05) is 6.92 Å². The number of carbonyl (C=O) groups excluding carboxylic acids is 1. The van der Waals surface area contributed by atoms with Gasteiger partial charge in [-0.1, -0.05) is 41.3 Å². The first-order valence-electron chi connectivity index (χ1n) is 8.46. The smallest absolute Gasteiger partial charge is 0.259 e. The fourth-order valence-corrected chi connectivity index (χ4v) is 5.59. The Morgan fingerprint density at radius 1 is 1.19 bits per heavy atom. The van der Waals surface area contributed by atoms with Gasteiger partial charge in [-0.25, -0.2) is 8.42 Å². The van der Waals surface area contributed by atoms with Crippen LogP contribution in [-0.2, 0) is 16.4 Å². The van der Waals surface area contributed by atoms with Crippen LogP contribution in [0.1, 0.15) is 28.7 Å². The van der Waals surface area contributed by atoms with Crippen molar-refractivity contribution in [3.05, 3.63) is 45.3 Å². The number of aromatic nitrogens is 1. The third-order valence-electron chi connectivity index (χ3n) is 4.51. The molecular formula is C17H19Cl2N3O4S. The second kappa shape index (κ2) is 7.79. The van der Waals surface area contributed by atoms with Crippen LogP contribution < -0.4 is 0 Å². The lowest BCUT2D eigenvalue weighted by Gasteiger charge is -2.34. The Balaban J connectivity index is 1.77. The molecule has 1 aromatic carbocycles. The summed E-state index contributed by atoms with van der Waals surface area (Å²) < 4.78 is 32.3. The second-order valence-electron chi connectivity index (χ2n) is 6.17. The number of rotatable bonds is 4. The normalized spacial score (nSPS) is 15.9. The summed E-state index contributed by atoms with van der Waals surface area (Å²) in [6, 6.07) is 4.56. The molecule has 2 aromatic rings. The minimum absolute atomic E-state index is 0.0775. The minimum Gasteiger partial charge on any atom is -0.360 e. The summed E-state index contributed by atoms with van der Waals surface area (Å²) in [5.74, 6) is 0.342. The van der Waals surface area contributed by atoms with Crippen molar-refractivity contribution >= 4 is 39.1 Å². The second-order valence-corrected chi connectivity index (χ2v) is 8.86. The number of sulfonamides is 1. The maximum Gasteiger partial charge on any atom is 0.259 e. The van der Waals surface area contributed by atoms with E-state index in [0.717, 1.165) is 0 Å². The van der Waals surface area contributed by atoms with Gasteiger partial charge in [0.1, 0.15) is 16.2 Å².